The van der Waals surface area contributed by atoms with Crippen molar-refractivity contribution >= 4 is 33.0 Å². The Morgan fingerprint density at radius 3 is 2.48 bits per heavy atom. The number of nitro benzene ring substituents is 1. The number of carbonyl (C=O) groups excluding carboxylic acids is 2. The van der Waals surface area contributed by atoms with Gasteiger partial charge in [0.25, 0.3) is 17.5 Å². The number of nitro groups is 1. The van der Waals surface area contributed by atoms with Gasteiger partial charge in [0, 0.05) is 55.0 Å². The van der Waals surface area contributed by atoms with Crippen LogP contribution < -0.4 is 10.6 Å². The Kier molecular flexibility index (Phi) is 8.22. The van der Waals surface area contributed by atoms with Crippen LogP contribution in [0, 0.1) is 10.1 Å². The van der Waals surface area contributed by atoms with Crippen LogP contribution in [-0.4, -0.2) is 51.2 Å². The molecule has 2 aromatic rings. The van der Waals surface area contributed by atoms with Crippen molar-refractivity contribution in [3.8, 4) is 0 Å². The summed E-state index contributed by atoms with van der Waals surface area (Å²) in [6.07, 6.45) is 1.55. The van der Waals surface area contributed by atoms with E-state index in [-0.39, 0.29) is 22.1 Å². The number of ether oxygens (including phenoxy) is 1. The molecular formula is C20H23N3O7S. The molecule has 2 aromatic carbocycles. The van der Waals surface area contributed by atoms with Gasteiger partial charge in [0.1, 0.15) is 0 Å². The fraction of sp³-hybridized carbons (Fsp3) is 0.300. The molecule has 0 unspecified atom stereocenters. The Morgan fingerprint density at radius 1 is 1.10 bits per heavy atom. The Balaban J connectivity index is 2.16. The maximum absolute atomic E-state index is 12.6. The van der Waals surface area contributed by atoms with E-state index in [1.165, 1.54) is 6.07 Å². The molecule has 0 radical (unpaired) electrons. The van der Waals surface area contributed by atoms with Crippen molar-refractivity contribution in [1.82, 2.24) is 5.32 Å². The summed E-state index contributed by atoms with van der Waals surface area (Å²) in [5.74, 6) is -1.08. The van der Waals surface area contributed by atoms with Crippen LogP contribution in [0.4, 0.5) is 11.4 Å². The zero-order valence-corrected chi connectivity index (χ0v) is 17.9. The first kappa shape index (κ1) is 24.0. The van der Waals surface area contributed by atoms with E-state index in [4.69, 9.17) is 4.74 Å². The van der Waals surface area contributed by atoms with Crippen LogP contribution in [0.15, 0.2) is 47.4 Å². The normalized spacial score (nSPS) is 11.0. The molecule has 0 aliphatic rings. The lowest BCUT2D eigenvalue weighted by molar-refractivity contribution is -0.385. The molecule has 0 bridgehead atoms. The second-order valence-electron chi connectivity index (χ2n) is 6.59. The number of nitrogens with zero attached hydrogens (tertiary/aromatic N) is 1. The van der Waals surface area contributed by atoms with Gasteiger partial charge in [-0.2, -0.15) is 0 Å². The summed E-state index contributed by atoms with van der Waals surface area (Å²) in [7, 11) is -3.77. The van der Waals surface area contributed by atoms with E-state index in [0.717, 1.165) is 24.5 Å². The lowest BCUT2D eigenvalue weighted by Gasteiger charge is -2.09. The second-order valence-corrected chi connectivity index (χ2v) is 8.60. The van der Waals surface area contributed by atoms with Crippen LogP contribution in [0.3, 0.4) is 0 Å². The highest BCUT2D eigenvalue weighted by Gasteiger charge is 2.19. The number of non-ortho nitro benzene ring substituents is 1. The van der Waals surface area contributed by atoms with E-state index in [9.17, 15) is 28.1 Å². The summed E-state index contributed by atoms with van der Waals surface area (Å²) in [4.78, 5) is 34.8. The van der Waals surface area contributed by atoms with Crippen molar-refractivity contribution in [1.29, 1.82) is 0 Å². The van der Waals surface area contributed by atoms with Gasteiger partial charge < -0.3 is 15.4 Å². The van der Waals surface area contributed by atoms with Gasteiger partial charge in [0.2, 0.25) is 0 Å². The summed E-state index contributed by atoms with van der Waals surface area (Å²) < 4.78 is 28.8. The fourth-order valence-electron chi connectivity index (χ4n) is 2.60. The molecular weight excluding hydrogens is 426 g/mol. The van der Waals surface area contributed by atoms with E-state index < -0.39 is 26.4 Å². The fourth-order valence-corrected chi connectivity index (χ4v) is 3.27. The number of hydrogen-bond acceptors (Lipinski definition) is 7. The predicted molar refractivity (Wildman–Crippen MR) is 114 cm³/mol. The highest BCUT2D eigenvalue weighted by atomic mass is 32.2. The summed E-state index contributed by atoms with van der Waals surface area (Å²) in [6.45, 7) is 3.45. The van der Waals surface area contributed by atoms with Crippen molar-refractivity contribution in [2.24, 2.45) is 0 Å². The third kappa shape index (κ3) is 7.15. The highest BCUT2D eigenvalue weighted by molar-refractivity contribution is 7.90. The Morgan fingerprint density at radius 2 is 1.84 bits per heavy atom. The van der Waals surface area contributed by atoms with Gasteiger partial charge in [-0.1, -0.05) is 6.07 Å². The van der Waals surface area contributed by atoms with Crippen LogP contribution in [-0.2, 0) is 14.6 Å². The van der Waals surface area contributed by atoms with Crippen LogP contribution in [0.1, 0.15) is 34.1 Å². The number of carbonyl (C=O) groups is 2. The molecule has 0 aromatic heterocycles. The summed E-state index contributed by atoms with van der Waals surface area (Å²) in [5, 5.41) is 16.4. The maximum Gasteiger partial charge on any atom is 0.271 e. The predicted octanol–water partition coefficient (Wildman–Crippen LogP) is 2.41. The minimum Gasteiger partial charge on any atom is -0.382 e. The highest BCUT2D eigenvalue weighted by Crippen LogP contribution is 2.22. The van der Waals surface area contributed by atoms with Crippen molar-refractivity contribution < 1.29 is 27.7 Å². The zero-order chi connectivity index (χ0) is 23.0. The van der Waals surface area contributed by atoms with Gasteiger partial charge in [0.15, 0.2) is 9.84 Å². The summed E-state index contributed by atoms with van der Waals surface area (Å²) in [6, 6.07) is 9.07. The van der Waals surface area contributed by atoms with E-state index in [1.807, 2.05) is 6.92 Å². The Labute approximate surface area is 179 Å². The average Bonchev–Trinajstić information content (AvgIpc) is 2.72. The van der Waals surface area contributed by atoms with Gasteiger partial charge in [-0.25, -0.2) is 8.42 Å². The Hall–Kier alpha value is -3.31. The quantitative estimate of drug-likeness (QED) is 0.322. The molecule has 0 spiro atoms. The number of benzene rings is 2. The number of anilines is 1. The van der Waals surface area contributed by atoms with Gasteiger partial charge in [-0.05, 0) is 37.6 Å². The topological polar surface area (TPSA) is 145 Å². The number of hydrogen-bond donors (Lipinski definition) is 2. The van der Waals surface area contributed by atoms with Gasteiger partial charge >= 0.3 is 0 Å². The summed E-state index contributed by atoms with van der Waals surface area (Å²) >= 11 is 0. The molecule has 10 nitrogen and oxygen atoms in total. The monoisotopic (exact) mass is 449 g/mol. The standard InChI is InChI=1S/C20H23N3O7S/c1-3-30-9-5-8-21-19(24)14-6-4-7-16(10-14)22-20(25)15-11-17(23(26)27)13-18(12-15)31(2,28)29/h4,6-7,10-13H,3,5,8-9H2,1-2H3,(H,21,24)(H,22,25). The van der Waals surface area contributed by atoms with Crippen LogP contribution in [0.25, 0.3) is 0 Å². The SMILES string of the molecule is CCOCCCNC(=O)c1cccc(NC(=O)c2cc([N+](=O)[O-])cc(S(C)(=O)=O)c2)c1. The molecule has 0 aliphatic carbocycles. The van der Waals surface area contributed by atoms with E-state index in [1.54, 1.807) is 18.2 Å². The minimum atomic E-state index is -3.77. The minimum absolute atomic E-state index is 0.194. The molecule has 0 atom stereocenters. The van der Waals surface area contributed by atoms with Crippen molar-refractivity contribution in [2.75, 3.05) is 31.3 Å². The van der Waals surface area contributed by atoms with Gasteiger partial charge in [-0.15, -0.1) is 0 Å². The first-order chi connectivity index (χ1) is 14.6. The molecule has 0 fully saturated rings. The van der Waals surface area contributed by atoms with Crippen LogP contribution >= 0.6 is 0 Å². The van der Waals surface area contributed by atoms with Crippen molar-refractivity contribution in [3.63, 3.8) is 0 Å². The van der Waals surface area contributed by atoms with E-state index >= 15 is 0 Å². The molecule has 31 heavy (non-hydrogen) atoms. The first-order valence-electron chi connectivity index (χ1n) is 9.38. The maximum atomic E-state index is 12.6. The average molecular weight is 449 g/mol. The van der Waals surface area contributed by atoms with E-state index in [2.05, 4.69) is 10.6 Å². The molecule has 0 saturated carbocycles. The molecule has 2 amide bonds. The molecule has 0 heterocycles. The molecule has 2 rings (SSSR count). The van der Waals surface area contributed by atoms with E-state index in [0.29, 0.717) is 31.7 Å². The number of sulfone groups is 1. The van der Waals surface area contributed by atoms with Gasteiger partial charge in [0.05, 0.1) is 9.82 Å². The lowest BCUT2D eigenvalue weighted by atomic mass is 10.1. The molecule has 166 valence electrons. The van der Waals surface area contributed by atoms with Crippen LogP contribution in [0.5, 0.6) is 0 Å². The zero-order valence-electron chi connectivity index (χ0n) is 17.1. The Bertz CT molecular complexity index is 1080. The third-order valence-electron chi connectivity index (χ3n) is 4.13. The molecule has 11 heteroatoms. The van der Waals surface area contributed by atoms with Crippen LogP contribution in [0.2, 0.25) is 0 Å². The summed E-state index contributed by atoms with van der Waals surface area (Å²) in [5.41, 5.74) is -0.127. The smallest absolute Gasteiger partial charge is 0.271 e. The molecule has 0 saturated heterocycles. The molecule has 2 N–H and O–H groups in total. The number of nitrogens with one attached hydrogen (secondary N) is 2. The first-order valence-corrected chi connectivity index (χ1v) is 11.3. The van der Waals surface area contributed by atoms with Crippen molar-refractivity contribution in [2.45, 2.75) is 18.2 Å². The lowest BCUT2D eigenvalue weighted by Crippen LogP contribution is -2.25. The molecule has 0 aliphatic heterocycles. The largest absolute Gasteiger partial charge is 0.382 e. The number of rotatable bonds is 10. The number of amides is 2. The second kappa shape index (κ2) is 10.6. The van der Waals surface area contributed by atoms with Gasteiger partial charge in [-0.3, -0.25) is 19.7 Å². The third-order valence-corrected chi connectivity index (χ3v) is 5.22. The van der Waals surface area contributed by atoms with Crippen molar-refractivity contribution in [3.05, 3.63) is 63.7 Å².